The Bertz CT molecular complexity index is 326. The van der Waals surface area contributed by atoms with Gasteiger partial charge in [0, 0.05) is 24.8 Å². The zero-order chi connectivity index (χ0) is 12.7. The maximum Gasteiger partial charge on any atom is 0.124 e. The number of rotatable bonds is 7. The van der Waals surface area contributed by atoms with E-state index in [1.807, 2.05) is 45.0 Å². The van der Waals surface area contributed by atoms with Crippen molar-refractivity contribution in [3.05, 3.63) is 29.8 Å². The predicted octanol–water partition coefficient (Wildman–Crippen LogP) is 2.90. The third-order valence-electron chi connectivity index (χ3n) is 2.46. The van der Waals surface area contributed by atoms with Gasteiger partial charge in [-0.05, 0) is 33.3 Å². The molecule has 0 radical (unpaired) electrons. The molecule has 3 nitrogen and oxygen atoms in total. The minimum absolute atomic E-state index is 0.0310. The number of nitrogens with two attached hydrogens (primary N) is 1. The van der Waals surface area contributed by atoms with Gasteiger partial charge in [-0.3, -0.25) is 0 Å². The SMILES string of the molecule is CCOCCC(N)c1ccccc1OC(C)C. The van der Waals surface area contributed by atoms with Crippen LogP contribution in [0, 0.1) is 0 Å². The molecule has 0 bridgehead atoms. The molecule has 0 aliphatic heterocycles. The van der Waals surface area contributed by atoms with Crippen molar-refractivity contribution in [3.8, 4) is 5.75 Å². The van der Waals surface area contributed by atoms with Gasteiger partial charge in [-0.1, -0.05) is 18.2 Å². The van der Waals surface area contributed by atoms with Crippen LogP contribution >= 0.6 is 0 Å². The third-order valence-corrected chi connectivity index (χ3v) is 2.46. The lowest BCUT2D eigenvalue weighted by Gasteiger charge is -2.18. The average Bonchev–Trinajstić information content (AvgIpc) is 2.29. The van der Waals surface area contributed by atoms with Crippen LogP contribution in [-0.4, -0.2) is 19.3 Å². The van der Waals surface area contributed by atoms with Crippen LogP contribution < -0.4 is 10.5 Å². The monoisotopic (exact) mass is 237 g/mol. The predicted molar refractivity (Wildman–Crippen MR) is 70.2 cm³/mol. The summed E-state index contributed by atoms with van der Waals surface area (Å²) in [5.41, 5.74) is 7.21. The topological polar surface area (TPSA) is 44.5 Å². The number of hydrogen-bond acceptors (Lipinski definition) is 3. The standard InChI is InChI=1S/C14H23NO2/c1-4-16-10-9-13(15)12-7-5-6-8-14(12)17-11(2)3/h5-8,11,13H,4,9-10,15H2,1-3H3. The van der Waals surface area contributed by atoms with E-state index in [9.17, 15) is 0 Å². The van der Waals surface area contributed by atoms with Gasteiger partial charge in [-0.15, -0.1) is 0 Å². The highest BCUT2D eigenvalue weighted by atomic mass is 16.5. The fourth-order valence-electron chi connectivity index (χ4n) is 1.66. The van der Waals surface area contributed by atoms with Gasteiger partial charge in [0.25, 0.3) is 0 Å². The first-order valence-corrected chi connectivity index (χ1v) is 6.24. The van der Waals surface area contributed by atoms with Crippen LogP contribution in [0.15, 0.2) is 24.3 Å². The van der Waals surface area contributed by atoms with Crippen LogP contribution in [0.5, 0.6) is 5.75 Å². The van der Waals surface area contributed by atoms with Crippen molar-refractivity contribution in [2.75, 3.05) is 13.2 Å². The van der Waals surface area contributed by atoms with Crippen LogP contribution in [0.4, 0.5) is 0 Å². The first-order chi connectivity index (χ1) is 8.15. The van der Waals surface area contributed by atoms with Gasteiger partial charge < -0.3 is 15.2 Å². The summed E-state index contributed by atoms with van der Waals surface area (Å²) in [6.07, 6.45) is 0.974. The molecule has 17 heavy (non-hydrogen) atoms. The van der Waals surface area contributed by atoms with Crippen LogP contribution in [0.3, 0.4) is 0 Å². The minimum atomic E-state index is -0.0310. The lowest BCUT2D eigenvalue weighted by atomic mass is 10.0. The Balaban J connectivity index is 2.67. The molecule has 0 heterocycles. The summed E-state index contributed by atoms with van der Waals surface area (Å²) in [6.45, 7) is 7.44. The molecule has 0 amide bonds. The minimum Gasteiger partial charge on any atom is -0.491 e. The second-order valence-corrected chi connectivity index (χ2v) is 4.30. The van der Waals surface area contributed by atoms with E-state index < -0.39 is 0 Å². The van der Waals surface area contributed by atoms with Crippen molar-refractivity contribution >= 4 is 0 Å². The van der Waals surface area contributed by atoms with Crippen molar-refractivity contribution in [1.29, 1.82) is 0 Å². The normalized spacial score (nSPS) is 12.8. The number of hydrogen-bond donors (Lipinski definition) is 1. The Morgan fingerprint density at radius 3 is 2.59 bits per heavy atom. The zero-order valence-electron chi connectivity index (χ0n) is 11.0. The average molecular weight is 237 g/mol. The Morgan fingerprint density at radius 1 is 1.24 bits per heavy atom. The molecule has 2 N–H and O–H groups in total. The summed E-state index contributed by atoms with van der Waals surface area (Å²) in [4.78, 5) is 0. The number of ether oxygens (including phenoxy) is 2. The van der Waals surface area contributed by atoms with Crippen molar-refractivity contribution in [1.82, 2.24) is 0 Å². The summed E-state index contributed by atoms with van der Waals surface area (Å²) in [7, 11) is 0. The lowest BCUT2D eigenvalue weighted by Crippen LogP contribution is -2.16. The highest BCUT2D eigenvalue weighted by Crippen LogP contribution is 2.26. The molecule has 1 rings (SSSR count). The quantitative estimate of drug-likeness (QED) is 0.742. The first-order valence-electron chi connectivity index (χ1n) is 6.24. The van der Waals surface area contributed by atoms with E-state index in [0.717, 1.165) is 24.3 Å². The summed E-state index contributed by atoms with van der Waals surface area (Å²) >= 11 is 0. The Kier molecular flexibility index (Phi) is 6.01. The summed E-state index contributed by atoms with van der Waals surface area (Å²) < 4.78 is 11.1. The second-order valence-electron chi connectivity index (χ2n) is 4.30. The summed E-state index contributed by atoms with van der Waals surface area (Å²) in [5, 5.41) is 0. The third kappa shape index (κ3) is 4.75. The number of benzene rings is 1. The molecule has 0 spiro atoms. The molecule has 1 unspecified atom stereocenters. The van der Waals surface area contributed by atoms with Gasteiger partial charge in [-0.25, -0.2) is 0 Å². The summed E-state index contributed by atoms with van der Waals surface area (Å²) in [5.74, 6) is 0.881. The molecule has 1 aromatic carbocycles. The lowest BCUT2D eigenvalue weighted by molar-refractivity contribution is 0.139. The molecule has 0 aromatic heterocycles. The van der Waals surface area contributed by atoms with Gasteiger partial charge in [0.05, 0.1) is 6.10 Å². The van der Waals surface area contributed by atoms with Gasteiger partial charge in [0.1, 0.15) is 5.75 Å². The van der Waals surface area contributed by atoms with Crippen molar-refractivity contribution in [2.24, 2.45) is 5.73 Å². The Hall–Kier alpha value is -1.06. The van der Waals surface area contributed by atoms with E-state index in [4.69, 9.17) is 15.2 Å². The van der Waals surface area contributed by atoms with E-state index >= 15 is 0 Å². The maximum absolute atomic E-state index is 6.15. The Labute approximate surface area is 104 Å². The van der Waals surface area contributed by atoms with E-state index in [1.54, 1.807) is 0 Å². The highest BCUT2D eigenvalue weighted by Gasteiger charge is 2.12. The van der Waals surface area contributed by atoms with Gasteiger partial charge in [0.15, 0.2) is 0 Å². The van der Waals surface area contributed by atoms with Gasteiger partial charge in [0.2, 0.25) is 0 Å². The van der Waals surface area contributed by atoms with Crippen LogP contribution in [-0.2, 0) is 4.74 Å². The molecule has 96 valence electrons. The maximum atomic E-state index is 6.15. The molecule has 0 saturated heterocycles. The van der Waals surface area contributed by atoms with Crippen molar-refractivity contribution < 1.29 is 9.47 Å². The fourth-order valence-corrected chi connectivity index (χ4v) is 1.66. The molecule has 0 aliphatic carbocycles. The van der Waals surface area contributed by atoms with Crippen LogP contribution in [0.25, 0.3) is 0 Å². The molecule has 1 aromatic rings. The smallest absolute Gasteiger partial charge is 0.124 e. The Morgan fingerprint density at radius 2 is 1.94 bits per heavy atom. The molecular weight excluding hydrogens is 214 g/mol. The van der Waals surface area contributed by atoms with Crippen molar-refractivity contribution in [2.45, 2.75) is 39.3 Å². The van der Waals surface area contributed by atoms with Crippen molar-refractivity contribution in [3.63, 3.8) is 0 Å². The molecule has 0 saturated carbocycles. The second kappa shape index (κ2) is 7.30. The van der Waals surface area contributed by atoms with Gasteiger partial charge >= 0.3 is 0 Å². The molecule has 1 atom stereocenters. The molecule has 0 aliphatic rings. The van der Waals surface area contributed by atoms with Crippen LogP contribution in [0.1, 0.15) is 38.8 Å². The molecule has 3 heteroatoms. The summed E-state index contributed by atoms with van der Waals surface area (Å²) in [6, 6.07) is 7.92. The van der Waals surface area contributed by atoms with E-state index in [2.05, 4.69) is 0 Å². The van der Waals surface area contributed by atoms with E-state index in [-0.39, 0.29) is 12.1 Å². The molecular formula is C14H23NO2. The van der Waals surface area contributed by atoms with E-state index in [1.165, 1.54) is 0 Å². The highest BCUT2D eigenvalue weighted by molar-refractivity contribution is 5.35. The fraction of sp³-hybridized carbons (Fsp3) is 0.571. The van der Waals surface area contributed by atoms with Gasteiger partial charge in [-0.2, -0.15) is 0 Å². The van der Waals surface area contributed by atoms with E-state index in [0.29, 0.717) is 6.61 Å². The van der Waals surface area contributed by atoms with Crippen LogP contribution in [0.2, 0.25) is 0 Å². The largest absolute Gasteiger partial charge is 0.491 e. The zero-order valence-corrected chi connectivity index (χ0v) is 11.0. The first kappa shape index (κ1) is 14.0. The molecule has 0 fully saturated rings. The number of para-hydroxylation sites is 1.